The quantitative estimate of drug-likeness (QED) is 0.690. The molecule has 1 aliphatic rings. The lowest BCUT2D eigenvalue weighted by atomic mass is 9.76. The average molecular weight is 250 g/mol. The fourth-order valence-electron chi connectivity index (χ4n) is 2.35. The zero-order chi connectivity index (χ0) is 13.3. The van der Waals surface area contributed by atoms with Crippen molar-refractivity contribution in [1.29, 1.82) is 0 Å². The summed E-state index contributed by atoms with van der Waals surface area (Å²) in [7, 11) is 0. The predicted octanol–water partition coefficient (Wildman–Crippen LogP) is 3.05. The zero-order valence-corrected chi connectivity index (χ0v) is 10.7. The van der Waals surface area contributed by atoms with E-state index in [9.17, 15) is 17.7 Å². The molecule has 0 spiro atoms. The maximum absolute atomic E-state index is 12.3. The fourth-order valence-corrected chi connectivity index (χ4v) is 2.35. The van der Waals surface area contributed by atoms with Gasteiger partial charge in [0.25, 0.3) is 0 Å². The molecular formula is C11H20BF3NO-. The van der Waals surface area contributed by atoms with E-state index < -0.39 is 13.4 Å². The number of hydrogen-bond donors (Lipinski definition) is 0. The highest BCUT2D eigenvalue weighted by molar-refractivity contribution is 6.58. The Morgan fingerprint density at radius 2 is 1.88 bits per heavy atom. The third-order valence-electron chi connectivity index (χ3n) is 3.46. The van der Waals surface area contributed by atoms with E-state index in [0.717, 1.165) is 4.90 Å². The maximum atomic E-state index is 12.3. The summed E-state index contributed by atoms with van der Waals surface area (Å²) >= 11 is 0. The van der Waals surface area contributed by atoms with Gasteiger partial charge in [0, 0.05) is 13.0 Å². The molecule has 0 saturated carbocycles. The first-order valence-corrected chi connectivity index (χ1v) is 6.08. The minimum absolute atomic E-state index is 0.0552. The van der Waals surface area contributed by atoms with Crippen LogP contribution in [-0.2, 0) is 4.79 Å². The van der Waals surface area contributed by atoms with Crippen molar-refractivity contribution in [1.82, 2.24) is 4.90 Å². The van der Waals surface area contributed by atoms with Crippen LogP contribution in [0.3, 0.4) is 0 Å². The Hall–Kier alpha value is -0.675. The molecule has 0 bridgehead atoms. The number of amides is 1. The lowest BCUT2D eigenvalue weighted by Crippen LogP contribution is -2.41. The van der Waals surface area contributed by atoms with Gasteiger partial charge in [-0.1, -0.05) is 20.8 Å². The second-order valence-corrected chi connectivity index (χ2v) is 5.94. The van der Waals surface area contributed by atoms with E-state index in [1.54, 1.807) is 0 Å². The van der Waals surface area contributed by atoms with Crippen LogP contribution in [0.2, 0.25) is 0 Å². The fraction of sp³-hybridized carbons (Fsp3) is 0.909. The van der Waals surface area contributed by atoms with E-state index in [1.165, 1.54) is 0 Å². The predicted molar refractivity (Wildman–Crippen MR) is 62.5 cm³/mol. The van der Waals surface area contributed by atoms with Crippen LogP contribution in [0, 0.1) is 11.3 Å². The van der Waals surface area contributed by atoms with E-state index in [2.05, 4.69) is 20.8 Å². The second-order valence-electron chi connectivity index (χ2n) is 5.94. The molecule has 1 amide bonds. The SMILES string of the molecule is CC(C)(C)C1CCC(=O)N(C[B-](F)(F)F)CC1. The molecule has 0 aromatic rings. The van der Waals surface area contributed by atoms with Gasteiger partial charge in [0.15, 0.2) is 0 Å². The average Bonchev–Trinajstić information content (AvgIpc) is 2.26. The van der Waals surface area contributed by atoms with Gasteiger partial charge in [0.1, 0.15) is 0 Å². The summed E-state index contributed by atoms with van der Waals surface area (Å²) in [5, 5.41) is 0. The van der Waals surface area contributed by atoms with Gasteiger partial charge in [-0.05, 0) is 30.6 Å². The Morgan fingerprint density at radius 1 is 1.29 bits per heavy atom. The Bertz CT molecular complexity index is 285. The molecule has 1 aliphatic heterocycles. The van der Waals surface area contributed by atoms with Crippen molar-refractivity contribution in [2.45, 2.75) is 40.0 Å². The van der Waals surface area contributed by atoms with Crippen molar-refractivity contribution in [3.05, 3.63) is 0 Å². The monoisotopic (exact) mass is 250 g/mol. The summed E-state index contributed by atoms with van der Waals surface area (Å²) in [4.78, 5) is 12.6. The smallest absolute Gasteiger partial charge is 0.448 e. The number of halogens is 3. The lowest BCUT2D eigenvalue weighted by molar-refractivity contribution is -0.130. The third kappa shape index (κ3) is 4.60. The molecule has 6 heteroatoms. The first-order valence-electron chi connectivity index (χ1n) is 6.08. The molecule has 0 radical (unpaired) electrons. The summed E-state index contributed by atoms with van der Waals surface area (Å²) in [5.41, 5.74) is 0.0552. The largest absolute Gasteiger partial charge is 0.497 e. The van der Waals surface area contributed by atoms with Crippen LogP contribution >= 0.6 is 0 Å². The molecule has 0 N–H and O–H groups in total. The Labute approximate surface area is 101 Å². The van der Waals surface area contributed by atoms with Gasteiger partial charge in [-0.25, -0.2) is 0 Å². The van der Waals surface area contributed by atoms with Crippen LogP contribution in [0.4, 0.5) is 12.9 Å². The molecule has 2 nitrogen and oxygen atoms in total. The molecule has 100 valence electrons. The first kappa shape index (κ1) is 14.4. The molecular weight excluding hydrogens is 230 g/mol. The van der Waals surface area contributed by atoms with Gasteiger partial charge in [0.2, 0.25) is 5.91 Å². The zero-order valence-electron chi connectivity index (χ0n) is 10.7. The summed E-state index contributed by atoms with van der Waals surface area (Å²) in [6, 6.07) is 0. The normalized spacial score (nSPS) is 23.8. The second kappa shape index (κ2) is 4.90. The van der Waals surface area contributed by atoms with Crippen LogP contribution < -0.4 is 0 Å². The van der Waals surface area contributed by atoms with Crippen molar-refractivity contribution in [3.63, 3.8) is 0 Å². The molecule has 1 atom stereocenters. The molecule has 0 aromatic carbocycles. The molecule has 1 heterocycles. The maximum Gasteiger partial charge on any atom is 0.497 e. The van der Waals surface area contributed by atoms with E-state index in [4.69, 9.17) is 0 Å². The van der Waals surface area contributed by atoms with Gasteiger partial charge in [0.05, 0.1) is 0 Å². The standard InChI is InChI=1S/C11H20BF3NO/c1-11(2,3)9-4-5-10(17)16(7-6-9)8-12(13,14)15/h9H,4-8H2,1-3H3/q-1. The number of nitrogens with zero attached hydrogens (tertiary/aromatic N) is 1. The van der Waals surface area contributed by atoms with Gasteiger partial charge < -0.3 is 17.8 Å². The minimum Gasteiger partial charge on any atom is -0.448 e. The van der Waals surface area contributed by atoms with E-state index in [1.807, 2.05) is 0 Å². The van der Waals surface area contributed by atoms with Crippen molar-refractivity contribution < 1.29 is 17.7 Å². The molecule has 1 unspecified atom stereocenters. The highest BCUT2D eigenvalue weighted by atomic mass is 19.4. The van der Waals surface area contributed by atoms with Crippen molar-refractivity contribution in [3.8, 4) is 0 Å². The summed E-state index contributed by atoms with van der Waals surface area (Å²) in [5.74, 6) is -0.0341. The van der Waals surface area contributed by atoms with E-state index in [-0.39, 0.29) is 24.3 Å². The van der Waals surface area contributed by atoms with Crippen molar-refractivity contribution >= 4 is 12.9 Å². The number of carbonyl (C=O) groups excluding carboxylic acids is 1. The number of rotatable bonds is 2. The number of hydrogen-bond acceptors (Lipinski definition) is 1. The van der Waals surface area contributed by atoms with Gasteiger partial charge in [-0.15, -0.1) is 0 Å². The molecule has 0 aliphatic carbocycles. The van der Waals surface area contributed by atoms with Gasteiger partial charge in [-0.2, -0.15) is 0 Å². The highest BCUT2D eigenvalue weighted by Crippen LogP contribution is 2.34. The highest BCUT2D eigenvalue weighted by Gasteiger charge is 2.33. The molecule has 1 rings (SSSR count). The van der Waals surface area contributed by atoms with Crippen molar-refractivity contribution in [2.24, 2.45) is 11.3 Å². The van der Waals surface area contributed by atoms with E-state index >= 15 is 0 Å². The minimum atomic E-state index is -4.91. The number of likely N-dealkylation sites (tertiary alicyclic amines) is 1. The Morgan fingerprint density at radius 3 is 2.35 bits per heavy atom. The number of carbonyl (C=O) groups is 1. The van der Waals surface area contributed by atoms with Crippen LogP contribution in [0.25, 0.3) is 0 Å². The first-order chi connectivity index (χ1) is 7.59. The summed E-state index contributed by atoms with van der Waals surface area (Å²) < 4.78 is 37.0. The van der Waals surface area contributed by atoms with Crippen LogP contribution in [0.5, 0.6) is 0 Å². The molecule has 17 heavy (non-hydrogen) atoms. The third-order valence-corrected chi connectivity index (χ3v) is 3.46. The molecule has 1 fully saturated rings. The van der Waals surface area contributed by atoms with Crippen molar-refractivity contribution in [2.75, 3.05) is 13.0 Å². The molecule has 1 saturated heterocycles. The van der Waals surface area contributed by atoms with Crippen LogP contribution in [0.1, 0.15) is 40.0 Å². The van der Waals surface area contributed by atoms with Gasteiger partial charge in [-0.3, -0.25) is 4.79 Å². The molecule has 0 aromatic heterocycles. The topological polar surface area (TPSA) is 20.3 Å². The summed E-state index contributed by atoms with van der Waals surface area (Å²) in [6.45, 7) is 1.55. The van der Waals surface area contributed by atoms with Gasteiger partial charge >= 0.3 is 6.98 Å². The lowest BCUT2D eigenvalue weighted by Gasteiger charge is -2.30. The summed E-state index contributed by atoms with van der Waals surface area (Å²) in [6.07, 6.45) is 0.564. The Kier molecular flexibility index (Phi) is 4.15. The van der Waals surface area contributed by atoms with Crippen LogP contribution in [0.15, 0.2) is 0 Å². The van der Waals surface area contributed by atoms with E-state index in [0.29, 0.717) is 18.8 Å². The van der Waals surface area contributed by atoms with Crippen LogP contribution in [-0.4, -0.2) is 30.8 Å². The Balaban J connectivity index is 2.64.